The highest BCUT2D eigenvalue weighted by Gasteiger charge is 2.43. The fourth-order valence-electron chi connectivity index (χ4n) is 1.87. The monoisotopic (exact) mass is 270 g/mol. The number of hydrogen-bond acceptors (Lipinski definition) is 3. The molecule has 0 aliphatic heterocycles. The number of aromatic nitrogens is 1. The topological polar surface area (TPSA) is 31.6 Å². The molecular weight excluding hydrogens is 246 g/mol. The first-order valence-electron chi connectivity index (χ1n) is 6.18. The van der Waals surface area contributed by atoms with Crippen molar-refractivity contribution in [1.29, 1.82) is 0 Å². The Hall–Kier alpha value is -0.753. The Kier molecular flexibility index (Phi) is 5.94. The van der Waals surface area contributed by atoms with Crippen molar-refractivity contribution in [2.75, 3.05) is 21.3 Å². The van der Waals surface area contributed by atoms with Gasteiger partial charge in [-0.2, -0.15) is 0 Å². The Labute approximate surface area is 111 Å². The van der Waals surface area contributed by atoms with Crippen molar-refractivity contribution in [2.24, 2.45) is 5.92 Å². The van der Waals surface area contributed by atoms with Crippen LogP contribution in [0.2, 0.25) is 0 Å². The summed E-state index contributed by atoms with van der Waals surface area (Å²) in [5.74, 6) is 0.672. The Morgan fingerprint density at radius 2 is 1.56 bits per heavy atom. The Morgan fingerprint density at radius 3 is 1.94 bits per heavy atom. The van der Waals surface area contributed by atoms with Crippen molar-refractivity contribution in [3.05, 3.63) is 30.1 Å². The van der Waals surface area contributed by atoms with E-state index in [0.29, 0.717) is 12.1 Å². The predicted molar refractivity (Wildman–Crippen MR) is 72.0 cm³/mol. The van der Waals surface area contributed by atoms with Crippen molar-refractivity contribution >= 4 is 8.80 Å². The predicted octanol–water partition coefficient (Wildman–Crippen LogP) is 1.59. The van der Waals surface area contributed by atoms with E-state index >= 15 is 0 Å². The molecule has 0 saturated carbocycles. The van der Waals surface area contributed by atoms with Gasteiger partial charge in [-0.05, 0) is 17.9 Å². The quantitative estimate of drug-likeness (QED) is 0.557. The smallest absolute Gasteiger partial charge is 0.373 e. The van der Waals surface area contributed by atoms with E-state index in [1.165, 1.54) is 5.56 Å². The molecule has 1 aromatic rings. The number of hydrogen-bond donors (Lipinski definition) is 0. The second-order valence-corrected chi connectivity index (χ2v) is 7.68. The maximum atomic E-state index is 5.41. The van der Waals surface area contributed by atoms with Gasteiger partial charge in [-0.25, -0.2) is 4.57 Å². The molecule has 4 nitrogen and oxygen atoms in total. The van der Waals surface area contributed by atoms with Crippen LogP contribution in [0.15, 0.2) is 24.5 Å². The zero-order valence-corrected chi connectivity index (χ0v) is 13.0. The fraction of sp³-hybridized carbons (Fsp3) is 0.615. The van der Waals surface area contributed by atoms with Gasteiger partial charge >= 0.3 is 8.80 Å². The number of nitrogens with zero attached hydrogens (tertiary/aromatic N) is 1. The van der Waals surface area contributed by atoms with Gasteiger partial charge in [0.1, 0.15) is 0 Å². The third kappa shape index (κ3) is 4.17. The summed E-state index contributed by atoms with van der Waals surface area (Å²) in [5.41, 5.74) is 1.35. The molecule has 0 aliphatic carbocycles. The van der Waals surface area contributed by atoms with Crippen LogP contribution in [0.25, 0.3) is 0 Å². The molecule has 0 saturated heterocycles. The van der Waals surface area contributed by atoms with Crippen molar-refractivity contribution in [3.8, 4) is 0 Å². The van der Waals surface area contributed by atoms with Gasteiger partial charge in [0.05, 0.1) is 0 Å². The molecule has 0 bridgehead atoms. The minimum absolute atomic E-state index is 0.623. The lowest BCUT2D eigenvalue weighted by molar-refractivity contribution is -0.685. The van der Waals surface area contributed by atoms with Crippen molar-refractivity contribution < 1.29 is 17.8 Å². The minimum atomic E-state index is -2.54. The molecule has 0 spiro atoms. The summed E-state index contributed by atoms with van der Waals surface area (Å²) in [7, 11) is 2.35. The zero-order valence-electron chi connectivity index (χ0n) is 12.0. The molecule has 18 heavy (non-hydrogen) atoms. The van der Waals surface area contributed by atoms with E-state index < -0.39 is 8.80 Å². The highest BCUT2D eigenvalue weighted by atomic mass is 28.4. The van der Waals surface area contributed by atoms with Crippen LogP contribution in [0.3, 0.4) is 0 Å². The van der Waals surface area contributed by atoms with Crippen molar-refractivity contribution in [3.63, 3.8) is 0 Å². The summed E-state index contributed by atoms with van der Waals surface area (Å²) < 4.78 is 18.3. The normalized spacial score (nSPS) is 12.1. The molecule has 0 atom stereocenters. The van der Waals surface area contributed by atoms with E-state index in [1.54, 1.807) is 21.3 Å². The Bertz CT molecular complexity index is 341. The van der Waals surface area contributed by atoms with E-state index in [0.717, 1.165) is 6.42 Å². The van der Waals surface area contributed by atoms with Crippen LogP contribution in [0.5, 0.6) is 0 Å². The molecule has 0 aromatic carbocycles. The highest BCUT2D eigenvalue weighted by Crippen LogP contribution is 2.08. The first kappa shape index (κ1) is 15.3. The molecule has 0 fully saturated rings. The summed E-state index contributed by atoms with van der Waals surface area (Å²) in [4.78, 5) is 0. The lowest BCUT2D eigenvalue weighted by Crippen LogP contribution is -2.56. The Morgan fingerprint density at radius 1 is 1.06 bits per heavy atom. The maximum absolute atomic E-state index is 5.41. The molecular formula is C13H24NO3Si+. The van der Waals surface area contributed by atoms with Crippen LogP contribution in [0.4, 0.5) is 0 Å². The second-order valence-electron chi connectivity index (χ2n) is 4.77. The third-order valence-electron chi connectivity index (χ3n) is 2.91. The van der Waals surface area contributed by atoms with Crippen LogP contribution in [0.1, 0.15) is 19.4 Å². The van der Waals surface area contributed by atoms with Crippen molar-refractivity contribution in [2.45, 2.75) is 26.4 Å². The molecule has 0 aliphatic rings. The molecule has 0 N–H and O–H groups in total. The van der Waals surface area contributed by atoms with Crippen LogP contribution in [-0.4, -0.2) is 30.1 Å². The van der Waals surface area contributed by atoms with E-state index in [4.69, 9.17) is 13.3 Å². The fourth-order valence-corrected chi connectivity index (χ4v) is 3.41. The minimum Gasteiger partial charge on any atom is -0.373 e. The third-order valence-corrected chi connectivity index (χ3v) is 5.53. The molecule has 0 unspecified atom stereocenters. The van der Waals surface area contributed by atoms with Crippen LogP contribution in [0, 0.1) is 5.92 Å². The molecule has 1 heterocycles. The van der Waals surface area contributed by atoms with Gasteiger partial charge in [0.25, 0.3) is 0 Å². The lowest BCUT2D eigenvalue weighted by atomic mass is 10.0. The van der Waals surface area contributed by atoms with Gasteiger partial charge < -0.3 is 13.3 Å². The average Bonchev–Trinajstić information content (AvgIpc) is 2.38. The summed E-state index contributed by atoms with van der Waals surface area (Å²) in [6.45, 7) is 4.44. The lowest BCUT2D eigenvalue weighted by Gasteiger charge is -2.20. The molecule has 102 valence electrons. The standard InChI is InChI=1S/C13H24NO3Si/c1-12(2)10-13-6-8-14(9-7-13)11-18(15-3,16-4)17-5/h6-9,12H,10-11H2,1-5H3/q+1. The van der Waals surface area contributed by atoms with E-state index in [9.17, 15) is 0 Å². The van der Waals surface area contributed by atoms with E-state index in [2.05, 4.69) is 38.4 Å². The van der Waals surface area contributed by atoms with Gasteiger partial charge in [-0.3, -0.25) is 0 Å². The first-order valence-corrected chi connectivity index (χ1v) is 8.12. The van der Waals surface area contributed by atoms with Gasteiger partial charge in [-0.1, -0.05) is 13.8 Å². The summed E-state index contributed by atoms with van der Waals surface area (Å²) in [6.07, 6.45) is 5.83. The SMILES string of the molecule is CO[Si](C[n+]1ccc(CC(C)C)cc1)(OC)OC. The summed E-state index contributed by atoms with van der Waals surface area (Å²) in [6, 6.07) is 4.28. The van der Waals surface area contributed by atoms with Crippen LogP contribution in [-0.2, 0) is 25.9 Å². The number of rotatable bonds is 7. The number of pyridine rings is 1. The first-order chi connectivity index (χ1) is 8.55. The summed E-state index contributed by atoms with van der Waals surface area (Å²) in [5, 5.41) is 0. The zero-order chi connectivity index (χ0) is 13.6. The van der Waals surface area contributed by atoms with Crippen LogP contribution < -0.4 is 4.57 Å². The summed E-state index contributed by atoms with van der Waals surface area (Å²) >= 11 is 0. The van der Waals surface area contributed by atoms with E-state index in [-0.39, 0.29) is 0 Å². The average molecular weight is 270 g/mol. The molecule has 0 radical (unpaired) electrons. The van der Waals surface area contributed by atoms with E-state index in [1.807, 2.05) is 4.57 Å². The molecule has 1 rings (SSSR count). The van der Waals surface area contributed by atoms with Gasteiger partial charge in [0, 0.05) is 33.5 Å². The molecule has 1 aromatic heterocycles. The highest BCUT2D eigenvalue weighted by molar-refractivity contribution is 6.58. The van der Waals surface area contributed by atoms with Gasteiger partial charge in [0.15, 0.2) is 12.4 Å². The van der Waals surface area contributed by atoms with Gasteiger partial charge in [-0.15, -0.1) is 0 Å². The molecule has 0 amide bonds. The second kappa shape index (κ2) is 6.99. The van der Waals surface area contributed by atoms with Crippen molar-refractivity contribution in [1.82, 2.24) is 0 Å². The largest absolute Gasteiger partial charge is 0.569 e. The van der Waals surface area contributed by atoms with Crippen LogP contribution >= 0.6 is 0 Å². The molecule has 5 heteroatoms. The Balaban J connectivity index is 2.73. The maximum Gasteiger partial charge on any atom is 0.569 e. The van der Waals surface area contributed by atoms with Gasteiger partial charge in [0.2, 0.25) is 6.17 Å².